The number of nitrogens with one attached hydrogen (secondary N) is 1. The van der Waals surface area contributed by atoms with Gasteiger partial charge in [0, 0.05) is 19.5 Å². The van der Waals surface area contributed by atoms with E-state index in [0.717, 1.165) is 15.4 Å². The lowest BCUT2D eigenvalue weighted by Crippen LogP contribution is -2.53. The maximum absolute atomic E-state index is 14.5. The summed E-state index contributed by atoms with van der Waals surface area (Å²) >= 11 is 12.5. The van der Waals surface area contributed by atoms with Gasteiger partial charge in [0.1, 0.15) is 12.6 Å². The molecule has 0 aromatic heterocycles. The summed E-state index contributed by atoms with van der Waals surface area (Å²) in [6, 6.07) is 28.4. The molecule has 0 aliphatic heterocycles. The van der Waals surface area contributed by atoms with E-state index in [4.69, 9.17) is 23.2 Å². The van der Waals surface area contributed by atoms with Crippen molar-refractivity contribution in [2.45, 2.75) is 44.7 Å². The Morgan fingerprint density at radius 3 is 2.02 bits per heavy atom. The van der Waals surface area contributed by atoms with Gasteiger partial charge in [0.05, 0.1) is 20.6 Å². The number of sulfonamides is 1. The first-order valence-corrected chi connectivity index (χ1v) is 16.8. The minimum atomic E-state index is -4.16. The smallest absolute Gasteiger partial charge is 0.264 e. The van der Waals surface area contributed by atoms with E-state index in [1.54, 1.807) is 60.7 Å². The summed E-state index contributed by atoms with van der Waals surface area (Å²) in [5, 5.41) is 3.64. The molecule has 0 fully saturated rings. The standard InChI is InChI=1S/C35H37Cl2N3O4S/c1-25(2)22-38-35(42)33(21-27-10-6-4-7-11-27)39(23-28-16-19-31(36)32(37)20-28)34(41)24-40(29-12-8-5-9-13-29)45(43,44)30-17-14-26(3)15-18-30/h4-20,25,33H,21-24H2,1-3H3,(H,38,42)/t33-/m0/s1. The second-order valence-electron chi connectivity index (χ2n) is 11.3. The molecule has 0 saturated carbocycles. The first-order chi connectivity index (χ1) is 21.5. The van der Waals surface area contributed by atoms with Crippen molar-refractivity contribution in [1.29, 1.82) is 0 Å². The molecule has 0 spiro atoms. The van der Waals surface area contributed by atoms with Crippen LogP contribution in [-0.4, -0.2) is 44.3 Å². The van der Waals surface area contributed by atoms with Crippen LogP contribution < -0.4 is 9.62 Å². The molecule has 4 rings (SSSR count). The van der Waals surface area contributed by atoms with Crippen molar-refractivity contribution in [3.8, 4) is 0 Å². The number of halogens is 2. The number of carbonyl (C=O) groups excluding carboxylic acids is 2. The van der Waals surface area contributed by atoms with E-state index in [2.05, 4.69) is 5.32 Å². The van der Waals surface area contributed by atoms with Gasteiger partial charge in [0.15, 0.2) is 0 Å². The summed E-state index contributed by atoms with van der Waals surface area (Å²) < 4.78 is 29.2. The Kier molecular flexibility index (Phi) is 11.7. The fourth-order valence-electron chi connectivity index (χ4n) is 4.77. The molecule has 7 nitrogen and oxygen atoms in total. The molecule has 1 N–H and O–H groups in total. The van der Waals surface area contributed by atoms with Crippen LogP contribution in [0.15, 0.2) is 108 Å². The number of hydrogen-bond acceptors (Lipinski definition) is 4. The van der Waals surface area contributed by atoms with Crippen LogP contribution in [0.1, 0.15) is 30.5 Å². The number of nitrogens with zero attached hydrogens (tertiary/aromatic N) is 2. The third-order valence-electron chi connectivity index (χ3n) is 7.22. The normalized spacial score (nSPS) is 12.0. The second-order valence-corrected chi connectivity index (χ2v) is 14.0. The Labute approximate surface area is 275 Å². The third-order valence-corrected chi connectivity index (χ3v) is 9.75. The fraction of sp³-hybridized carbons (Fsp3) is 0.257. The van der Waals surface area contributed by atoms with Crippen LogP contribution in [0, 0.1) is 12.8 Å². The Morgan fingerprint density at radius 1 is 0.800 bits per heavy atom. The van der Waals surface area contributed by atoms with Crippen molar-refractivity contribution in [2.75, 3.05) is 17.4 Å². The quantitative estimate of drug-likeness (QED) is 0.168. The van der Waals surface area contributed by atoms with Gasteiger partial charge >= 0.3 is 0 Å². The highest BCUT2D eigenvalue weighted by atomic mass is 35.5. The van der Waals surface area contributed by atoms with Crippen LogP contribution in [0.4, 0.5) is 5.69 Å². The highest BCUT2D eigenvalue weighted by Gasteiger charge is 2.34. The number of aryl methyl sites for hydroxylation is 1. The number of hydrogen-bond donors (Lipinski definition) is 1. The molecule has 0 heterocycles. The molecule has 0 bridgehead atoms. The molecular weight excluding hydrogens is 629 g/mol. The minimum Gasteiger partial charge on any atom is -0.354 e. The second kappa shape index (κ2) is 15.4. The first kappa shape index (κ1) is 34.0. The van der Waals surface area contributed by atoms with Crippen LogP contribution in [0.3, 0.4) is 0 Å². The highest BCUT2D eigenvalue weighted by molar-refractivity contribution is 7.92. The Balaban J connectivity index is 1.79. The van der Waals surface area contributed by atoms with Crippen LogP contribution in [-0.2, 0) is 32.6 Å². The van der Waals surface area contributed by atoms with Crippen molar-refractivity contribution in [3.05, 3.63) is 130 Å². The summed E-state index contributed by atoms with van der Waals surface area (Å²) in [5.74, 6) is -0.714. The molecule has 2 amide bonds. The van der Waals surface area contributed by atoms with E-state index < -0.39 is 28.5 Å². The van der Waals surface area contributed by atoms with Gasteiger partial charge in [-0.25, -0.2) is 8.42 Å². The van der Waals surface area contributed by atoms with E-state index >= 15 is 0 Å². The summed E-state index contributed by atoms with van der Waals surface area (Å²) in [5.41, 5.74) is 2.71. The third kappa shape index (κ3) is 9.10. The van der Waals surface area contributed by atoms with Crippen molar-refractivity contribution >= 4 is 50.7 Å². The molecule has 0 saturated heterocycles. The van der Waals surface area contributed by atoms with E-state index in [0.29, 0.717) is 27.8 Å². The van der Waals surface area contributed by atoms with E-state index in [1.165, 1.54) is 17.0 Å². The molecule has 0 aliphatic rings. The van der Waals surface area contributed by atoms with Crippen molar-refractivity contribution in [2.24, 2.45) is 5.92 Å². The molecule has 0 aliphatic carbocycles. The molecule has 10 heteroatoms. The molecule has 45 heavy (non-hydrogen) atoms. The lowest BCUT2D eigenvalue weighted by molar-refractivity contribution is -0.140. The van der Waals surface area contributed by atoms with Gasteiger partial charge in [-0.1, -0.05) is 109 Å². The van der Waals surface area contributed by atoms with Gasteiger partial charge in [-0.3, -0.25) is 13.9 Å². The maximum atomic E-state index is 14.5. The van der Waals surface area contributed by atoms with Crippen LogP contribution >= 0.6 is 23.2 Å². The van der Waals surface area contributed by atoms with Gasteiger partial charge in [0.25, 0.3) is 10.0 Å². The van der Waals surface area contributed by atoms with Crippen molar-refractivity contribution in [3.63, 3.8) is 0 Å². The molecule has 236 valence electrons. The van der Waals surface area contributed by atoms with E-state index in [1.807, 2.05) is 51.1 Å². The molecule has 4 aromatic rings. The summed E-state index contributed by atoms with van der Waals surface area (Å²) in [6.45, 7) is 5.71. The number of carbonyl (C=O) groups is 2. The topological polar surface area (TPSA) is 86.8 Å². The lowest BCUT2D eigenvalue weighted by Gasteiger charge is -2.34. The number of anilines is 1. The minimum absolute atomic E-state index is 0.00443. The Bertz CT molecular complexity index is 1700. The first-order valence-electron chi connectivity index (χ1n) is 14.6. The van der Waals surface area contributed by atoms with Gasteiger partial charge < -0.3 is 10.2 Å². The maximum Gasteiger partial charge on any atom is 0.264 e. The van der Waals surface area contributed by atoms with Gasteiger partial charge in [-0.15, -0.1) is 0 Å². The molecule has 1 atom stereocenters. The molecule has 0 unspecified atom stereocenters. The van der Waals surface area contributed by atoms with E-state index in [-0.39, 0.29) is 29.7 Å². The average molecular weight is 667 g/mol. The number of amides is 2. The van der Waals surface area contributed by atoms with Crippen LogP contribution in [0.5, 0.6) is 0 Å². The lowest BCUT2D eigenvalue weighted by atomic mass is 10.0. The SMILES string of the molecule is Cc1ccc(S(=O)(=O)N(CC(=O)N(Cc2ccc(Cl)c(Cl)c2)[C@@H](Cc2ccccc2)C(=O)NCC(C)C)c2ccccc2)cc1. The largest absolute Gasteiger partial charge is 0.354 e. The monoisotopic (exact) mass is 665 g/mol. The molecule has 4 aromatic carbocycles. The Morgan fingerprint density at radius 2 is 1.42 bits per heavy atom. The zero-order valence-corrected chi connectivity index (χ0v) is 27.8. The van der Waals surface area contributed by atoms with E-state index in [9.17, 15) is 18.0 Å². The van der Waals surface area contributed by atoms with Crippen molar-refractivity contribution < 1.29 is 18.0 Å². The number of para-hydroxylation sites is 1. The van der Waals surface area contributed by atoms with Gasteiger partial charge in [0.2, 0.25) is 11.8 Å². The molecular formula is C35H37Cl2N3O4S. The van der Waals surface area contributed by atoms with Gasteiger partial charge in [-0.2, -0.15) is 0 Å². The van der Waals surface area contributed by atoms with Gasteiger partial charge in [-0.05, 0) is 60.4 Å². The van der Waals surface area contributed by atoms with Crippen LogP contribution in [0.25, 0.3) is 0 Å². The van der Waals surface area contributed by atoms with Crippen molar-refractivity contribution in [1.82, 2.24) is 10.2 Å². The van der Waals surface area contributed by atoms with Crippen LogP contribution in [0.2, 0.25) is 10.0 Å². The summed E-state index contributed by atoms with van der Waals surface area (Å²) in [6.07, 6.45) is 0.216. The summed E-state index contributed by atoms with van der Waals surface area (Å²) in [4.78, 5) is 29.8. The Hall–Kier alpha value is -3.85. The molecule has 0 radical (unpaired) electrons. The fourth-order valence-corrected chi connectivity index (χ4v) is 6.51. The number of rotatable bonds is 13. The zero-order chi connectivity index (χ0) is 32.6. The zero-order valence-electron chi connectivity index (χ0n) is 25.5. The summed E-state index contributed by atoms with van der Waals surface area (Å²) in [7, 11) is -4.16. The predicted molar refractivity (Wildman–Crippen MR) is 181 cm³/mol. The average Bonchev–Trinajstić information content (AvgIpc) is 3.03. The number of benzene rings is 4. The predicted octanol–water partition coefficient (Wildman–Crippen LogP) is 6.91. The highest BCUT2D eigenvalue weighted by Crippen LogP contribution is 2.27.